The average molecular weight is 984 g/mol. The molecule has 410 valence electrons. The maximum absolute atomic E-state index is 12.9. The molecule has 0 aromatic carbocycles. The van der Waals surface area contributed by atoms with Crippen molar-refractivity contribution < 1.29 is 28.6 Å². The minimum Gasteiger partial charge on any atom is -0.462 e. The maximum Gasteiger partial charge on any atom is 0.306 e. The summed E-state index contributed by atoms with van der Waals surface area (Å²) in [5.41, 5.74) is 0. The Hall–Kier alpha value is -2.37. The molecule has 0 aliphatic carbocycles. The SMILES string of the molecule is CCCCCCC/C=C\C/C=C\CCCCCCCCCCCCCC(=O)OCC(COC(=O)CCCCCCC/C=C\CCCCCCC)OC(=O)CCCCCCCCCCCCCCCCC. The molecule has 0 N–H and O–H groups in total. The lowest BCUT2D eigenvalue weighted by molar-refractivity contribution is -0.167. The van der Waals surface area contributed by atoms with Crippen molar-refractivity contribution in [1.82, 2.24) is 0 Å². The van der Waals surface area contributed by atoms with Crippen molar-refractivity contribution in [2.45, 2.75) is 341 Å². The molecule has 0 bridgehead atoms. The molecular formula is C64H118O6. The van der Waals surface area contributed by atoms with E-state index in [4.69, 9.17) is 14.2 Å². The van der Waals surface area contributed by atoms with Crippen molar-refractivity contribution in [3.05, 3.63) is 36.5 Å². The molecule has 0 aromatic heterocycles. The van der Waals surface area contributed by atoms with Crippen molar-refractivity contribution >= 4 is 17.9 Å². The summed E-state index contributed by atoms with van der Waals surface area (Å²) in [4.78, 5) is 38.2. The van der Waals surface area contributed by atoms with Gasteiger partial charge in [0.1, 0.15) is 13.2 Å². The first kappa shape index (κ1) is 67.6. The molecule has 0 fully saturated rings. The van der Waals surface area contributed by atoms with Crippen LogP contribution in [0.4, 0.5) is 0 Å². The van der Waals surface area contributed by atoms with Crippen LogP contribution in [-0.4, -0.2) is 37.2 Å². The summed E-state index contributed by atoms with van der Waals surface area (Å²) in [6, 6.07) is 0. The number of hydrogen-bond donors (Lipinski definition) is 0. The second kappa shape index (κ2) is 59.2. The number of hydrogen-bond acceptors (Lipinski definition) is 6. The number of rotatable bonds is 57. The highest BCUT2D eigenvalue weighted by Gasteiger charge is 2.19. The molecule has 0 amide bonds. The molecule has 0 aromatic rings. The Morgan fingerprint density at radius 3 is 0.800 bits per heavy atom. The highest BCUT2D eigenvalue weighted by atomic mass is 16.6. The zero-order chi connectivity index (χ0) is 50.7. The average Bonchev–Trinajstić information content (AvgIpc) is 3.36. The highest BCUT2D eigenvalue weighted by Crippen LogP contribution is 2.17. The zero-order valence-corrected chi connectivity index (χ0v) is 47.1. The van der Waals surface area contributed by atoms with Crippen LogP contribution in [0.25, 0.3) is 0 Å². The van der Waals surface area contributed by atoms with E-state index in [-0.39, 0.29) is 31.1 Å². The topological polar surface area (TPSA) is 78.9 Å². The Labute approximate surface area is 435 Å². The van der Waals surface area contributed by atoms with Crippen molar-refractivity contribution in [2.75, 3.05) is 13.2 Å². The summed E-state index contributed by atoms with van der Waals surface area (Å²) in [5, 5.41) is 0. The molecular weight excluding hydrogens is 865 g/mol. The van der Waals surface area contributed by atoms with Gasteiger partial charge in [-0.05, 0) is 77.0 Å². The van der Waals surface area contributed by atoms with Crippen LogP contribution in [0.5, 0.6) is 0 Å². The van der Waals surface area contributed by atoms with E-state index in [2.05, 4.69) is 57.2 Å². The van der Waals surface area contributed by atoms with E-state index >= 15 is 0 Å². The summed E-state index contributed by atoms with van der Waals surface area (Å²) >= 11 is 0. The first-order valence-electron chi connectivity index (χ1n) is 31.0. The minimum absolute atomic E-state index is 0.0718. The van der Waals surface area contributed by atoms with Gasteiger partial charge in [-0.3, -0.25) is 14.4 Å². The predicted molar refractivity (Wildman–Crippen MR) is 302 cm³/mol. The normalized spacial score (nSPS) is 12.2. The number of unbranched alkanes of at least 4 members (excludes halogenated alkanes) is 40. The molecule has 0 aliphatic rings. The highest BCUT2D eigenvalue weighted by molar-refractivity contribution is 5.71. The fourth-order valence-corrected chi connectivity index (χ4v) is 9.18. The number of carbonyl (C=O) groups is 3. The second-order valence-corrected chi connectivity index (χ2v) is 21.0. The summed E-state index contributed by atoms with van der Waals surface area (Å²) < 4.78 is 16.9. The lowest BCUT2D eigenvalue weighted by Gasteiger charge is -2.18. The standard InChI is InChI=1S/C64H118O6/c1-4-7-10-13-16-19-22-25-28-29-30-31-32-33-34-35-37-39-42-45-48-51-54-57-63(66)69-60-61(59-68-62(65)56-53-50-47-44-41-38-27-24-21-18-15-12-9-6-3)70-64(67)58-55-52-49-46-43-40-36-26-23-20-17-14-11-8-5-2/h22,24-25,27,29-30,61H,4-21,23,26,28,31-60H2,1-3H3/b25-22-,27-24-,30-29-. The van der Waals surface area contributed by atoms with E-state index in [0.29, 0.717) is 19.3 Å². The molecule has 6 heteroatoms. The van der Waals surface area contributed by atoms with Gasteiger partial charge in [-0.2, -0.15) is 0 Å². The van der Waals surface area contributed by atoms with Crippen LogP contribution >= 0.6 is 0 Å². The molecule has 1 atom stereocenters. The van der Waals surface area contributed by atoms with Crippen LogP contribution in [0.15, 0.2) is 36.5 Å². The van der Waals surface area contributed by atoms with Gasteiger partial charge in [0.25, 0.3) is 0 Å². The Balaban J connectivity index is 4.28. The molecule has 0 saturated heterocycles. The first-order chi connectivity index (χ1) is 34.5. The quantitative estimate of drug-likeness (QED) is 0.0261. The number of esters is 3. The van der Waals surface area contributed by atoms with Crippen molar-refractivity contribution in [1.29, 1.82) is 0 Å². The smallest absolute Gasteiger partial charge is 0.306 e. The molecule has 6 nitrogen and oxygen atoms in total. The Bertz CT molecular complexity index is 1170. The van der Waals surface area contributed by atoms with Crippen molar-refractivity contribution in [3.63, 3.8) is 0 Å². The summed E-state index contributed by atoms with van der Waals surface area (Å²) in [6.07, 6.45) is 71.4. The lowest BCUT2D eigenvalue weighted by atomic mass is 10.0. The van der Waals surface area contributed by atoms with Crippen molar-refractivity contribution in [2.24, 2.45) is 0 Å². The van der Waals surface area contributed by atoms with Gasteiger partial charge in [-0.15, -0.1) is 0 Å². The van der Waals surface area contributed by atoms with Gasteiger partial charge in [-0.1, -0.05) is 276 Å². The fourth-order valence-electron chi connectivity index (χ4n) is 9.18. The minimum atomic E-state index is -0.773. The van der Waals surface area contributed by atoms with E-state index in [0.717, 1.165) is 70.6 Å². The van der Waals surface area contributed by atoms with E-state index < -0.39 is 6.10 Å². The van der Waals surface area contributed by atoms with Crippen LogP contribution in [0, 0.1) is 0 Å². The van der Waals surface area contributed by atoms with Crippen LogP contribution in [0.3, 0.4) is 0 Å². The summed E-state index contributed by atoms with van der Waals surface area (Å²) in [6.45, 7) is 6.66. The number of carbonyl (C=O) groups excluding carboxylic acids is 3. The predicted octanol–water partition coefficient (Wildman–Crippen LogP) is 20.8. The fraction of sp³-hybridized carbons (Fsp3) is 0.859. The van der Waals surface area contributed by atoms with E-state index in [9.17, 15) is 14.4 Å². The van der Waals surface area contributed by atoms with Crippen LogP contribution in [-0.2, 0) is 28.6 Å². The molecule has 0 aliphatic heterocycles. The van der Waals surface area contributed by atoms with Gasteiger partial charge >= 0.3 is 17.9 Å². The van der Waals surface area contributed by atoms with Crippen LogP contribution < -0.4 is 0 Å². The first-order valence-corrected chi connectivity index (χ1v) is 31.0. The van der Waals surface area contributed by atoms with Gasteiger partial charge in [0.05, 0.1) is 0 Å². The molecule has 70 heavy (non-hydrogen) atoms. The van der Waals surface area contributed by atoms with Gasteiger partial charge < -0.3 is 14.2 Å². The third-order valence-corrected chi connectivity index (χ3v) is 13.9. The Kier molecular flexibility index (Phi) is 57.2. The molecule has 0 heterocycles. The second-order valence-electron chi connectivity index (χ2n) is 21.0. The molecule has 0 rings (SSSR count). The summed E-state index contributed by atoms with van der Waals surface area (Å²) in [5.74, 6) is -0.861. The third kappa shape index (κ3) is 56.5. The third-order valence-electron chi connectivity index (χ3n) is 13.9. The van der Waals surface area contributed by atoms with E-state index in [1.165, 1.54) is 225 Å². The van der Waals surface area contributed by atoms with Gasteiger partial charge in [-0.25, -0.2) is 0 Å². The number of ether oxygens (including phenoxy) is 3. The van der Waals surface area contributed by atoms with Crippen LogP contribution in [0.1, 0.15) is 335 Å². The van der Waals surface area contributed by atoms with Gasteiger partial charge in [0.2, 0.25) is 0 Å². The van der Waals surface area contributed by atoms with Crippen molar-refractivity contribution in [3.8, 4) is 0 Å². The Morgan fingerprint density at radius 2 is 0.514 bits per heavy atom. The van der Waals surface area contributed by atoms with Crippen LogP contribution in [0.2, 0.25) is 0 Å². The maximum atomic E-state index is 12.9. The summed E-state index contributed by atoms with van der Waals surface area (Å²) in [7, 11) is 0. The molecule has 1 unspecified atom stereocenters. The van der Waals surface area contributed by atoms with E-state index in [1.807, 2.05) is 0 Å². The largest absolute Gasteiger partial charge is 0.462 e. The monoisotopic (exact) mass is 983 g/mol. The van der Waals surface area contributed by atoms with Gasteiger partial charge in [0, 0.05) is 19.3 Å². The lowest BCUT2D eigenvalue weighted by Crippen LogP contribution is -2.30. The number of allylic oxidation sites excluding steroid dienone is 6. The molecule has 0 spiro atoms. The molecule has 0 saturated carbocycles. The van der Waals surface area contributed by atoms with Gasteiger partial charge in [0.15, 0.2) is 6.10 Å². The van der Waals surface area contributed by atoms with E-state index in [1.54, 1.807) is 0 Å². The molecule has 0 radical (unpaired) electrons. The zero-order valence-electron chi connectivity index (χ0n) is 47.1. The Morgan fingerprint density at radius 1 is 0.286 bits per heavy atom.